The van der Waals surface area contributed by atoms with Crippen LogP contribution in [-0.4, -0.2) is 50.5 Å². The molecular weight excluding hydrogens is 364 g/mol. The van der Waals surface area contributed by atoms with E-state index in [-0.39, 0.29) is 16.9 Å². The summed E-state index contributed by atoms with van der Waals surface area (Å²) in [6, 6.07) is 7.68. The third-order valence-corrected chi connectivity index (χ3v) is 7.54. The van der Waals surface area contributed by atoms with Crippen LogP contribution in [0.25, 0.3) is 0 Å². The van der Waals surface area contributed by atoms with Crippen LogP contribution in [0.3, 0.4) is 0 Å². The summed E-state index contributed by atoms with van der Waals surface area (Å²) < 4.78 is 32.9. The molecule has 0 radical (unpaired) electrons. The molecule has 1 amide bonds. The van der Waals surface area contributed by atoms with Crippen molar-refractivity contribution < 1.29 is 17.9 Å². The van der Waals surface area contributed by atoms with Gasteiger partial charge in [-0.2, -0.15) is 4.31 Å². The molecule has 0 bridgehead atoms. The first-order valence-electron chi connectivity index (χ1n) is 9.96. The minimum Gasteiger partial charge on any atom is -0.376 e. The first-order chi connectivity index (χ1) is 13.0. The van der Waals surface area contributed by atoms with Gasteiger partial charge in [-0.25, -0.2) is 8.42 Å². The zero-order valence-electron chi connectivity index (χ0n) is 16.0. The number of hydrogen-bond donors (Lipinski definition) is 1. The highest BCUT2D eigenvalue weighted by atomic mass is 32.2. The molecule has 0 spiro atoms. The number of benzene rings is 1. The molecule has 7 heteroatoms. The van der Waals surface area contributed by atoms with Crippen LogP contribution >= 0.6 is 0 Å². The predicted octanol–water partition coefficient (Wildman–Crippen LogP) is 2.55. The molecule has 2 aliphatic rings. The highest BCUT2D eigenvalue weighted by Gasteiger charge is 2.39. The Hall–Kier alpha value is -1.44. The van der Waals surface area contributed by atoms with E-state index in [4.69, 9.17) is 4.74 Å². The fourth-order valence-electron chi connectivity index (χ4n) is 4.05. The molecule has 1 aromatic carbocycles. The second-order valence-electron chi connectivity index (χ2n) is 7.55. The number of nitrogens with one attached hydrogen (secondary N) is 1. The average molecular weight is 395 g/mol. The number of carbonyl (C=O) groups excluding carboxylic acids is 1. The standard InChI is InChI=1S/C20H30N2O4S/c1-16-8-5-6-12-19(16)26-15-13-21-20(23)18-11-7-14-22(18)27(24,25)17-9-3-2-4-10-17/h2-4,9-10,16,18-19H,5-8,11-15H2,1H3,(H,21,23). The Morgan fingerprint density at radius 3 is 2.63 bits per heavy atom. The maximum atomic E-state index is 12.8. The first-order valence-corrected chi connectivity index (χ1v) is 11.4. The van der Waals surface area contributed by atoms with Crippen LogP contribution < -0.4 is 5.32 Å². The lowest BCUT2D eigenvalue weighted by Crippen LogP contribution is -2.46. The molecule has 1 saturated heterocycles. The van der Waals surface area contributed by atoms with Gasteiger partial charge in [0.1, 0.15) is 6.04 Å². The van der Waals surface area contributed by atoms with Crippen LogP contribution in [-0.2, 0) is 19.6 Å². The van der Waals surface area contributed by atoms with Gasteiger partial charge in [-0.3, -0.25) is 4.79 Å². The first kappa shape index (κ1) is 20.3. The molecule has 3 unspecified atom stereocenters. The molecule has 3 atom stereocenters. The van der Waals surface area contributed by atoms with Crippen LogP contribution in [0.15, 0.2) is 35.2 Å². The van der Waals surface area contributed by atoms with Crippen LogP contribution in [0.1, 0.15) is 45.4 Å². The van der Waals surface area contributed by atoms with Crippen LogP contribution in [0.5, 0.6) is 0 Å². The normalized spacial score (nSPS) is 26.8. The van der Waals surface area contributed by atoms with Crippen molar-refractivity contribution in [3.05, 3.63) is 30.3 Å². The van der Waals surface area contributed by atoms with Crippen molar-refractivity contribution in [1.82, 2.24) is 9.62 Å². The lowest BCUT2D eigenvalue weighted by atomic mass is 9.88. The summed E-state index contributed by atoms with van der Waals surface area (Å²) >= 11 is 0. The summed E-state index contributed by atoms with van der Waals surface area (Å²) in [4.78, 5) is 12.8. The molecule has 2 fully saturated rings. The molecular formula is C20H30N2O4S. The van der Waals surface area contributed by atoms with Gasteiger partial charge in [0.05, 0.1) is 17.6 Å². The highest BCUT2D eigenvalue weighted by molar-refractivity contribution is 7.89. The lowest BCUT2D eigenvalue weighted by molar-refractivity contribution is -0.124. The second kappa shape index (κ2) is 9.17. The highest BCUT2D eigenvalue weighted by Crippen LogP contribution is 2.27. The van der Waals surface area contributed by atoms with E-state index < -0.39 is 16.1 Å². The van der Waals surface area contributed by atoms with E-state index in [1.807, 2.05) is 0 Å². The molecule has 3 rings (SSSR count). The van der Waals surface area contributed by atoms with Crippen molar-refractivity contribution in [2.75, 3.05) is 19.7 Å². The summed E-state index contributed by atoms with van der Waals surface area (Å²) in [5.74, 6) is 0.336. The predicted molar refractivity (Wildman–Crippen MR) is 104 cm³/mol. The van der Waals surface area contributed by atoms with Gasteiger partial charge in [0.15, 0.2) is 0 Å². The summed E-state index contributed by atoms with van der Waals surface area (Å²) in [7, 11) is -3.65. The van der Waals surface area contributed by atoms with Crippen molar-refractivity contribution >= 4 is 15.9 Å². The monoisotopic (exact) mass is 394 g/mol. The molecule has 150 valence electrons. The molecule has 1 aromatic rings. The Morgan fingerprint density at radius 1 is 1.15 bits per heavy atom. The largest absolute Gasteiger partial charge is 0.376 e. The molecule has 1 aliphatic carbocycles. The smallest absolute Gasteiger partial charge is 0.243 e. The molecule has 6 nitrogen and oxygen atoms in total. The quantitative estimate of drug-likeness (QED) is 0.721. The minimum absolute atomic E-state index is 0.229. The van der Waals surface area contributed by atoms with Gasteiger partial charge in [-0.05, 0) is 43.7 Å². The lowest BCUT2D eigenvalue weighted by Gasteiger charge is -2.29. The maximum absolute atomic E-state index is 12.8. The number of sulfonamides is 1. The number of amides is 1. The van der Waals surface area contributed by atoms with Gasteiger partial charge in [0, 0.05) is 13.1 Å². The second-order valence-corrected chi connectivity index (χ2v) is 9.44. The Morgan fingerprint density at radius 2 is 1.89 bits per heavy atom. The van der Waals surface area contributed by atoms with Gasteiger partial charge in [-0.15, -0.1) is 0 Å². The van der Waals surface area contributed by atoms with Gasteiger partial charge >= 0.3 is 0 Å². The van der Waals surface area contributed by atoms with Crippen molar-refractivity contribution in [1.29, 1.82) is 0 Å². The van der Waals surface area contributed by atoms with Crippen LogP contribution in [0.4, 0.5) is 0 Å². The zero-order chi connectivity index (χ0) is 19.3. The van der Waals surface area contributed by atoms with Crippen LogP contribution in [0, 0.1) is 5.92 Å². The van der Waals surface area contributed by atoms with E-state index >= 15 is 0 Å². The molecule has 1 N–H and O–H groups in total. The van der Waals surface area contributed by atoms with Crippen LogP contribution in [0.2, 0.25) is 0 Å². The summed E-state index contributed by atoms with van der Waals surface area (Å²) in [5.41, 5.74) is 0. The van der Waals surface area contributed by atoms with Gasteiger partial charge < -0.3 is 10.1 Å². The Kier molecular flexibility index (Phi) is 6.89. The van der Waals surface area contributed by atoms with Gasteiger partial charge in [0.25, 0.3) is 0 Å². The summed E-state index contributed by atoms with van der Waals surface area (Å²) in [6.07, 6.45) is 6.28. The van der Waals surface area contributed by atoms with Gasteiger partial charge in [0.2, 0.25) is 15.9 Å². The fraction of sp³-hybridized carbons (Fsp3) is 0.650. The summed E-state index contributed by atoms with van der Waals surface area (Å²) in [5, 5.41) is 2.86. The molecule has 1 saturated carbocycles. The maximum Gasteiger partial charge on any atom is 0.243 e. The van der Waals surface area contributed by atoms with E-state index in [1.54, 1.807) is 30.3 Å². The Labute approximate surface area is 162 Å². The van der Waals surface area contributed by atoms with Crippen molar-refractivity contribution in [3.8, 4) is 0 Å². The van der Waals surface area contributed by atoms with Crippen molar-refractivity contribution in [3.63, 3.8) is 0 Å². The van der Waals surface area contributed by atoms with E-state index in [1.165, 1.54) is 23.6 Å². The van der Waals surface area contributed by atoms with E-state index in [2.05, 4.69) is 12.2 Å². The number of carbonyl (C=O) groups is 1. The molecule has 1 aliphatic heterocycles. The fourth-order valence-corrected chi connectivity index (χ4v) is 5.73. The third kappa shape index (κ3) is 4.89. The molecule has 0 aromatic heterocycles. The number of nitrogens with zero attached hydrogens (tertiary/aromatic N) is 1. The minimum atomic E-state index is -3.65. The number of rotatable bonds is 7. The van der Waals surface area contributed by atoms with Crippen molar-refractivity contribution in [2.45, 2.75) is 62.5 Å². The topological polar surface area (TPSA) is 75.7 Å². The Balaban J connectivity index is 1.51. The zero-order valence-corrected chi connectivity index (χ0v) is 16.8. The van der Waals surface area contributed by atoms with E-state index in [9.17, 15) is 13.2 Å². The van der Waals surface area contributed by atoms with Gasteiger partial charge in [-0.1, -0.05) is 38.0 Å². The number of ether oxygens (including phenoxy) is 1. The third-order valence-electron chi connectivity index (χ3n) is 5.62. The SMILES string of the molecule is CC1CCCCC1OCCNC(=O)C1CCCN1S(=O)(=O)c1ccccc1. The average Bonchev–Trinajstić information content (AvgIpc) is 3.18. The Bertz CT molecular complexity index is 723. The van der Waals surface area contributed by atoms with Crippen molar-refractivity contribution in [2.24, 2.45) is 5.92 Å². The van der Waals surface area contributed by atoms with E-state index in [0.717, 1.165) is 6.42 Å². The van der Waals surface area contributed by atoms with E-state index in [0.29, 0.717) is 38.5 Å². The summed E-state index contributed by atoms with van der Waals surface area (Å²) in [6.45, 7) is 3.48. The molecule has 27 heavy (non-hydrogen) atoms. The number of hydrogen-bond acceptors (Lipinski definition) is 4. The molecule has 1 heterocycles.